The van der Waals surface area contributed by atoms with Crippen molar-refractivity contribution in [3.05, 3.63) is 24.0 Å². The summed E-state index contributed by atoms with van der Waals surface area (Å²) in [5, 5.41) is 0. The molecule has 1 aliphatic rings. The van der Waals surface area contributed by atoms with Gasteiger partial charge in [0, 0.05) is 6.04 Å². The topological polar surface area (TPSA) is 43.8 Å². The molecule has 0 spiro atoms. The zero-order valence-electron chi connectivity index (χ0n) is 9.15. The third kappa shape index (κ3) is 1.29. The fourth-order valence-electron chi connectivity index (χ4n) is 2.42. The van der Waals surface area contributed by atoms with Gasteiger partial charge in [-0.05, 0) is 30.5 Å². The van der Waals surface area contributed by atoms with E-state index in [-0.39, 0.29) is 5.82 Å². The molecule has 0 radical (unpaired) electrons. The molecule has 1 aromatic heterocycles. The van der Waals surface area contributed by atoms with Gasteiger partial charge in [-0.3, -0.25) is 0 Å². The molecule has 3 nitrogen and oxygen atoms in total. The predicted octanol–water partition coefficient (Wildman–Crippen LogP) is 2.73. The molecular formula is C12H14FN3. The van der Waals surface area contributed by atoms with E-state index < -0.39 is 0 Å². The van der Waals surface area contributed by atoms with E-state index in [1.165, 1.54) is 12.1 Å². The number of imidazole rings is 1. The van der Waals surface area contributed by atoms with E-state index in [4.69, 9.17) is 5.73 Å². The molecule has 1 saturated carbocycles. The van der Waals surface area contributed by atoms with Gasteiger partial charge < -0.3 is 10.3 Å². The molecule has 1 aliphatic carbocycles. The van der Waals surface area contributed by atoms with Crippen molar-refractivity contribution in [3.63, 3.8) is 0 Å². The van der Waals surface area contributed by atoms with E-state index in [1.807, 2.05) is 4.57 Å². The van der Waals surface area contributed by atoms with Crippen LogP contribution in [0.4, 0.5) is 10.3 Å². The van der Waals surface area contributed by atoms with Crippen LogP contribution in [-0.4, -0.2) is 9.55 Å². The van der Waals surface area contributed by atoms with Crippen molar-refractivity contribution in [2.45, 2.75) is 25.8 Å². The Kier molecular flexibility index (Phi) is 1.93. The predicted molar refractivity (Wildman–Crippen MR) is 61.5 cm³/mol. The molecule has 2 aromatic rings. The molecule has 2 atom stereocenters. The monoisotopic (exact) mass is 219 g/mol. The van der Waals surface area contributed by atoms with Crippen molar-refractivity contribution >= 4 is 17.0 Å². The summed E-state index contributed by atoms with van der Waals surface area (Å²) in [7, 11) is 0. The summed E-state index contributed by atoms with van der Waals surface area (Å²) in [5.41, 5.74) is 7.49. The highest BCUT2D eigenvalue weighted by atomic mass is 19.1. The summed E-state index contributed by atoms with van der Waals surface area (Å²) in [5.74, 6) is 0.937. The summed E-state index contributed by atoms with van der Waals surface area (Å²) in [6.45, 7) is 2.17. The molecule has 2 unspecified atom stereocenters. The second-order valence-electron chi connectivity index (χ2n) is 4.44. The van der Waals surface area contributed by atoms with Gasteiger partial charge >= 0.3 is 0 Å². The molecule has 2 N–H and O–H groups in total. The largest absolute Gasteiger partial charge is 0.369 e. The number of hydrogen-bond donors (Lipinski definition) is 1. The Morgan fingerprint density at radius 3 is 3.06 bits per heavy atom. The van der Waals surface area contributed by atoms with Crippen LogP contribution in [0.1, 0.15) is 25.8 Å². The van der Waals surface area contributed by atoms with Gasteiger partial charge in [0.2, 0.25) is 5.95 Å². The maximum Gasteiger partial charge on any atom is 0.201 e. The molecular weight excluding hydrogens is 205 g/mol. The first-order chi connectivity index (χ1) is 7.70. The zero-order valence-corrected chi connectivity index (χ0v) is 9.15. The van der Waals surface area contributed by atoms with E-state index in [0.29, 0.717) is 17.9 Å². The number of nitrogen functional groups attached to an aromatic ring is 1. The molecule has 0 aliphatic heterocycles. The average molecular weight is 219 g/mol. The fourth-order valence-corrected chi connectivity index (χ4v) is 2.42. The maximum absolute atomic E-state index is 13.2. The van der Waals surface area contributed by atoms with Crippen LogP contribution < -0.4 is 5.73 Å². The third-order valence-electron chi connectivity index (χ3n) is 3.42. The number of benzene rings is 1. The fraction of sp³-hybridized carbons (Fsp3) is 0.417. The van der Waals surface area contributed by atoms with Crippen LogP contribution in [0.5, 0.6) is 0 Å². The number of hydrogen-bond acceptors (Lipinski definition) is 2. The van der Waals surface area contributed by atoms with E-state index in [1.54, 1.807) is 6.07 Å². The summed E-state index contributed by atoms with van der Waals surface area (Å²) in [6.07, 6.45) is 2.27. The first-order valence-electron chi connectivity index (χ1n) is 5.63. The highest BCUT2D eigenvalue weighted by molar-refractivity contribution is 5.78. The summed E-state index contributed by atoms with van der Waals surface area (Å²) < 4.78 is 15.2. The van der Waals surface area contributed by atoms with Crippen molar-refractivity contribution in [2.24, 2.45) is 5.92 Å². The number of aromatic nitrogens is 2. The van der Waals surface area contributed by atoms with Crippen molar-refractivity contribution < 1.29 is 4.39 Å². The van der Waals surface area contributed by atoms with Gasteiger partial charge in [0.05, 0.1) is 11.0 Å². The van der Waals surface area contributed by atoms with Crippen LogP contribution in [-0.2, 0) is 0 Å². The second-order valence-corrected chi connectivity index (χ2v) is 4.44. The Labute approximate surface area is 93.1 Å². The quantitative estimate of drug-likeness (QED) is 0.844. The van der Waals surface area contributed by atoms with Crippen LogP contribution in [0.3, 0.4) is 0 Å². The molecule has 0 bridgehead atoms. The molecule has 3 rings (SSSR count). The van der Waals surface area contributed by atoms with E-state index in [0.717, 1.165) is 23.9 Å². The number of fused-ring (bicyclic) bond motifs is 1. The van der Waals surface area contributed by atoms with Crippen LogP contribution in [0.15, 0.2) is 18.2 Å². The Morgan fingerprint density at radius 1 is 1.56 bits per heavy atom. The van der Waals surface area contributed by atoms with Crippen LogP contribution >= 0.6 is 0 Å². The SMILES string of the molecule is CCC1CC1n1c(N)nc2ccc(F)cc21. The Bertz CT molecular complexity index is 546. The minimum Gasteiger partial charge on any atom is -0.369 e. The molecule has 4 heteroatoms. The van der Waals surface area contributed by atoms with Crippen molar-refractivity contribution in [3.8, 4) is 0 Å². The van der Waals surface area contributed by atoms with Gasteiger partial charge in [0.1, 0.15) is 5.82 Å². The number of halogens is 1. The summed E-state index contributed by atoms with van der Waals surface area (Å²) in [6, 6.07) is 5.03. The van der Waals surface area contributed by atoms with E-state index in [9.17, 15) is 4.39 Å². The first-order valence-corrected chi connectivity index (χ1v) is 5.63. The number of nitrogens with zero attached hydrogens (tertiary/aromatic N) is 2. The van der Waals surface area contributed by atoms with Crippen LogP contribution in [0.2, 0.25) is 0 Å². The van der Waals surface area contributed by atoms with Crippen molar-refractivity contribution in [1.82, 2.24) is 9.55 Å². The molecule has 84 valence electrons. The lowest BCUT2D eigenvalue weighted by Crippen LogP contribution is -2.02. The zero-order chi connectivity index (χ0) is 11.3. The average Bonchev–Trinajstić information content (AvgIpc) is 2.95. The van der Waals surface area contributed by atoms with Crippen LogP contribution in [0.25, 0.3) is 11.0 Å². The highest BCUT2D eigenvalue weighted by Crippen LogP contribution is 2.48. The minimum atomic E-state index is -0.234. The van der Waals surface area contributed by atoms with Gasteiger partial charge in [-0.25, -0.2) is 9.37 Å². The summed E-state index contributed by atoms with van der Waals surface area (Å²) in [4.78, 5) is 4.26. The lowest BCUT2D eigenvalue weighted by Gasteiger charge is -2.04. The Hall–Kier alpha value is -1.58. The van der Waals surface area contributed by atoms with Crippen LogP contribution in [0, 0.1) is 11.7 Å². The second kappa shape index (κ2) is 3.20. The van der Waals surface area contributed by atoms with Crippen molar-refractivity contribution in [2.75, 3.05) is 5.73 Å². The van der Waals surface area contributed by atoms with Gasteiger partial charge in [-0.1, -0.05) is 13.3 Å². The minimum absolute atomic E-state index is 0.234. The molecule has 0 saturated heterocycles. The number of anilines is 1. The highest BCUT2D eigenvalue weighted by Gasteiger charge is 2.38. The lowest BCUT2D eigenvalue weighted by atomic mass is 10.3. The molecule has 1 aromatic carbocycles. The molecule has 0 amide bonds. The standard InChI is InChI=1S/C12H14FN3/c1-2-7-5-10(7)16-11-6-8(13)3-4-9(11)15-12(16)14/h3-4,6-7,10H,2,5H2,1H3,(H2,14,15). The molecule has 16 heavy (non-hydrogen) atoms. The normalized spacial score (nSPS) is 23.9. The number of nitrogens with two attached hydrogens (primary N) is 1. The van der Waals surface area contributed by atoms with Gasteiger partial charge in [-0.15, -0.1) is 0 Å². The lowest BCUT2D eigenvalue weighted by molar-refractivity contribution is 0.625. The summed E-state index contributed by atoms with van der Waals surface area (Å²) >= 11 is 0. The smallest absolute Gasteiger partial charge is 0.201 e. The van der Waals surface area contributed by atoms with Crippen molar-refractivity contribution in [1.29, 1.82) is 0 Å². The molecule has 1 heterocycles. The van der Waals surface area contributed by atoms with Gasteiger partial charge in [-0.2, -0.15) is 0 Å². The Balaban J connectivity index is 2.15. The molecule has 1 fully saturated rings. The van der Waals surface area contributed by atoms with Gasteiger partial charge in [0.25, 0.3) is 0 Å². The van der Waals surface area contributed by atoms with Gasteiger partial charge in [0.15, 0.2) is 0 Å². The van der Waals surface area contributed by atoms with E-state index in [2.05, 4.69) is 11.9 Å². The Morgan fingerprint density at radius 2 is 2.38 bits per heavy atom. The third-order valence-corrected chi connectivity index (χ3v) is 3.42. The maximum atomic E-state index is 13.2. The first kappa shape index (κ1) is 9.63. The van der Waals surface area contributed by atoms with E-state index >= 15 is 0 Å². The number of rotatable bonds is 2.